The molecule has 2 aromatic carbocycles. The van der Waals surface area contributed by atoms with Gasteiger partial charge in [-0.15, -0.1) is 11.3 Å². The predicted molar refractivity (Wildman–Crippen MR) is 139 cm³/mol. The summed E-state index contributed by atoms with van der Waals surface area (Å²) >= 11 is 7.05. The number of hydrogen-bond acceptors (Lipinski definition) is 6. The Morgan fingerprint density at radius 2 is 1.65 bits per heavy atom. The van der Waals surface area contributed by atoms with Gasteiger partial charge in [-0.1, -0.05) is 48.5 Å². The number of sulfonamides is 1. The van der Waals surface area contributed by atoms with Gasteiger partial charge in [0.1, 0.15) is 5.00 Å². The fraction of sp³-hybridized carbons (Fsp3) is 0.250. The van der Waals surface area contributed by atoms with Gasteiger partial charge in [-0.05, 0) is 42.9 Å². The first-order valence-electron chi connectivity index (χ1n) is 10.9. The van der Waals surface area contributed by atoms with Crippen molar-refractivity contribution in [2.24, 2.45) is 0 Å². The van der Waals surface area contributed by atoms with E-state index in [1.165, 1.54) is 15.6 Å². The zero-order valence-corrected chi connectivity index (χ0v) is 21.1. The van der Waals surface area contributed by atoms with Crippen LogP contribution in [-0.4, -0.2) is 61.5 Å². The molecule has 10 heteroatoms. The fourth-order valence-corrected chi connectivity index (χ4v) is 6.48. The molecule has 1 aliphatic rings. The molecule has 0 aliphatic carbocycles. The number of benzene rings is 2. The zero-order chi connectivity index (χ0) is 24.1. The van der Waals surface area contributed by atoms with E-state index in [-0.39, 0.29) is 11.5 Å². The lowest BCUT2D eigenvalue weighted by atomic mass is 10.1. The van der Waals surface area contributed by atoms with Gasteiger partial charge in [0.2, 0.25) is 10.0 Å². The van der Waals surface area contributed by atoms with Crippen LogP contribution in [0.25, 0.3) is 10.4 Å². The molecule has 1 aromatic heterocycles. The third-order valence-electron chi connectivity index (χ3n) is 5.41. The predicted octanol–water partition coefficient (Wildman–Crippen LogP) is 4.30. The van der Waals surface area contributed by atoms with Crippen molar-refractivity contribution < 1.29 is 17.9 Å². The maximum atomic E-state index is 12.9. The average molecular weight is 516 g/mol. The maximum absolute atomic E-state index is 12.9. The normalized spacial score (nSPS) is 14.6. The van der Waals surface area contributed by atoms with Crippen molar-refractivity contribution in [1.29, 1.82) is 0 Å². The summed E-state index contributed by atoms with van der Waals surface area (Å²) in [6.07, 6.45) is 0. The van der Waals surface area contributed by atoms with Crippen LogP contribution >= 0.6 is 23.6 Å². The molecule has 1 saturated heterocycles. The second-order valence-corrected chi connectivity index (χ2v) is 11.0. The molecular weight excluding hydrogens is 490 g/mol. The molecule has 0 spiro atoms. The van der Waals surface area contributed by atoms with E-state index in [4.69, 9.17) is 17.0 Å². The number of hydrogen-bond donors (Lipinski definition) is 1. The van der Waals surface area contributed by atoms with Crippen LogP contribution in [-0.2, 0) is 14.8 Å². The number of nitrogens with zero attached hydrogens (tertiary/aromatic N) is 2. The number of piperazine rings is 1. The quantitative estimate of drug-likeness (QED) is 0.387. The molecule has 0 atom stereocenters. The van der Waals surface area contributed by atoms with Crippen molar-refractivity contribution >= 4 is 49.7 Å². The molecule has 0 bridgehead atoms. The number of esters is 1. The smallest absolute Gasteiger partial charge is 0.341 e. The van der Waals surface area contributed by atoms with Gasteiger partial charge in [0.15, 0.2) is 5.11 Å². The number of nitrogens with one attached hydrogen (secondary N) is 1. The van der Waals surface area contributed by atoms with Gasteiger partial charge >= 0.3 is 5.97 Å². The molecule has 0 amide bonds. The zero-order valence-electron chi connectivity index (χ0n) is 18.6. The van der Waals surface area contributed by atoms with Crippen molar-refractivity contribution in [3.8, 4) is 10.4 Å². The van der Waals surface area contributed by atoms with E-state index < -0.39 is 16.0 Å². The summed E-state index contributed by atoms with van der Waals surface area (Å²) < 4.78 is 32.5. The SMILES string of the molecule is CCOC(=O)c1cc(-c2ccccc2)sc1NC(=S)N1CCN(S(=O)(=O)c2ccccc2)CC1. The van der Waals surface area contributed by atoms with E-state index in [1.54, 1.807) is 37.3 Å². The summed E-state index contributed by atoms with van der Waals surface area (Å²) in [4.78, 5) is 15.7. The highest BCUT2D eigenvalue weighted by atomic mass is 32.2. The summed E-state index contributed by atoms with van der Waals surface area (Å²) in [5.41, 5.74) is 1.43. The highest BCUT2D eigenvalue weighted by molar-refractivity contribution is 7.89. The van der Waals surface area contributed by atoms with Crippen LogP contribution in [0.5, 0.6) is 0 Å². The molecule has 3 aromatic rings. The van der Waals surface area contributed by atoms with E-state index in [0.717, 1.165) is 10.4 Å². The van der Waals surface area contributed by atoms with Crippen LogP contribution < -0.4 is 5.32 Å². The van der Waals surface area contributed by atoms with E-state index in [1.807, 2.05) is 41.3 Å². The van der Waals surface area contributed by atoms with Crippen molar-refractivity contribution in [3.63, 3.8) is 0 Å². The van der Waals surface area contributed by atoms with Crippen LogP contribution in [0.1, 0.15) is 17.3 Å². The Kier molecular flexibility index (Phi) is 7.62. The monoisotopic (exact) mass is 515 g/mol. The number of rotatable bonds is 6. The van der Waals surface area contributed by atoms with Gasteiger partial charge in [-0.2, -0.15) is 4.31 Å². The van der Waals surface area contributed by atoms with Crippen LogP contribution in [0.4, 0.5) is 5.00 Å². The average Bonchev–Trinajstić information content (AvgIpc) is 3.29. The minimum absolute atomic E-state index is 0.275. The Morgan fingerprint density at radius 3 is 2.26 bits per heavy atom. The first kappa shape index (κ1) is 24.3. The lowest BCUT2D eigenvalue weighted by Crippen LogP contribution is -2.51. The van der Waals surface area contributed by atoms with Crippen LogP contribution in [0, 0.1) is 0 Å². The minimum atomic E-state index is -3.54. The van der Waals surface area contributed by atoms with Gasteiger partial charge in [0.25, 0.3) is 0 Å². The topological polar surface area (TPSA) is 79.0 Å². The molecular formula is C24H25N3O4S3. The first-order chi connectivity index (χ1) is 16.4. The summed E-state index contributed by atoms with van der Waals surface area (Å²) in [7, 11) is -3.54. The third-order valence-corrected chi connectivity index (χ3v) is 8.79. The largest absolute Gasteiger partial charge is 0.462 e. The highest BCUT2D eigenvalue weighted by Crippen LogP contribution is 2.36. The van der Waals surface area contributed by atoms with E-state index in [0.29, 0.717) is 41.9 Å². The summed E-state index contributed by atoms with van der Waals surface area (Å²) in [6, 6.07) is 20.0. The lowest BCUT2D eigenvalue weighted by molar-refractivity contribution is 0.0528. The minimum Gasteiger partial charge on any atom is -0.462 e. The molecule has 1 fully saturated rings. The van der Waals surface area contributed by atoms with Gasteiger partial charge in [-0.25, -0.2) is 13.2 Å². The van der Waals surface area contributed by atoms with E-state index in [2.05, 4.69) is 5.32 Å². The van der Waals surface area contributed by atoms with Gasteiger partial charge in [-0.3, -0.25) is 0 Å². The standard InChI is InChI=1S/C24H25N3O4S3/c1-2-31-23(28)20-17-21(18-9-5-3-6-10-18)33-22(20)25-24(32)26-13-15-27(16-14-26)34(29,30)19-11-7-4-8-12-19/h3-12,17H,2,13-16H2,1H3,(H,25,32). The number of carbonyl (C=O) groups excluding carboxylic acids is 1. The van der Waals surface area contributed by atoms with E-state index in [9.17, 15) is 13.2 Å². The Morgan fingerprint density at radius 1 is 1.03 bits per heavy atom. The molecule has 7 nitrogen and oxygen atoms in total. The molecule has 0 unspecified atom stereocenters. The fourth-order valence-electron chi connectivity index (χ4n) is 3.64. The third kappa shape index (κ3) is 5.30. The second kappa shape index (κ2) is 10.6. The lowest BCUT2D eigenvalue weighted by Gasteiger charge is -2.35. The Bertz CT molecular complexity index is 1250. The number of anilines is 1. The first-order valence-corrected chi connectivity index (χ1v) is 13.5. The molecule has 4 rings (SSSR count). The molecule has 1 aliphatic heterocycles. The van der Waals surface area contributed by atoms with Gasteiger partial charge < -0.3 is 15.0 Å². The molecule has 0 saturated carbocycles. The van der Waals surface area contributed by atoms with Crippen molar-refractivity contribution in [3.05, 3.63) is 72.3 Å². The number of thiocarbonyl (C=S) groups is 1. The molecule has 0 radical (unpaired) electrons. The van der Waals surface area contributed by atoms with Gasteiger partial charge in [0.05, 0.1) is 17.1 Å². The van der Waals surface area contributed by atoms with Crippen LogP contribution in [0.3, 0.4) is 0 Å². The van der Waals surface area contributed by atoms with Crippen molar-refractivity contribution in [2.45, 2.75) is 11.8 Å². The van der Waals surface area contributed by atoms with E-state index >= 15 is 0 Å². The highest BCUT2D eigenvalue weighted by Gasteiger charge is 2.29. The Labute approximate surface area is 209 Å². The van der Waals surface area contributed by atoms with Crippen LogP contribution in [0.2, 0.25) is 0 Å². The maximum Gasteiger partial charge on any atom is 0.341 e. The van der Waals surface area contributed by atoms with Gasteiger partial charge in [0, 0.05) is 31.1 Å². The Balaban J connectivity index is 1.47. The second-order valence-electron chi connectivity index (χ2n) is 7.57. The van der Waals surface area contributed by atoms with Crippen molar-refractivity contribution in [1.82, 2.24) is 9.21 Å². The number of thiophene rings is 1. The molecule has 2 heterocycles. The molecule has 34 heavy (non-hydrogen) atoms. The summed E-state index contributed by atoms with van der Waals surface area (Å²) in [5.74, 6) is -0.412. The molecule has 178 valence electrons. The molecule has 1 N–H and O–H groups in total. The number of ether oxygens (including phenoxy) is 1. The Hall–Kier alpha value is -2.79. The number of carbonyl (C=O) groups is 1. The van der Waals surface area contributed by atoms with Crippen molar-refractivity contribution in [2.75, 3.05) is 38.1 Å². The summed E-state index contributed by atoms with van der Waals surface area (Å²) in [6.45, 7) is 3.58. The summed E-state index contributed by atoms with van der Waals surface area (Å²) in [5, 5.41) is 4.26. The van der Waals surface area contributed by atoms with Crippen LogP contribution in [0.15, 0.2) is 71.6 Å².